The zero-order chi connectivity index (χ0) is 12.3. The molecule has 0 saturated carbocycles. The van der Waals surface area contributed by atoms with Gasteiger partial charge in [-0.05, 0) is 25.0 Å². The number of anilines is 1. The van der Waals surface area contributed by atoms with E-state index in [1.165, 1.54) is 12.1 Å². The molecule has 1 aromatic rings. The summed E-state index contributed by atoms with van der Waals surface area (Å²) in [6.07, 6.45) is 1.43. The third-order valence-electron chi connectivity index (χ3n) is 2.60. The van der Waals surface area contributed by atoms with E-state index in [1.54, 1.807) is 12.1 Å². The average Bonchev–Trinajstić information content (AvgIpc) is 2.73. The van der Waals surface area contributed by atoms with Gasteiger partial charge >= 0.3 is 0 Å². The SMILES string of the molecule is O=S(=O)(CC1CCCO1)Nc1ccccc1O. The minimum absolute atomic E-state index is 0.0681. The van der Waals surface area contributed by atoms with Crippen molar-refractivity contribution in [3.8, 4) is 5.75 Å². The summed E-state index contributed by atoms with van der Waals surface area (Å²) in [5.74, 6) is -0.148. The van der Waals surface area contributed by atoms with Crippen molar-refractivity contribution < 1.29 is 18.3 Å². The lowest BCUT2D eigenvalue weighted by Gasteiger charge is -2.12. The molecule has 0 amide bonds. The van der Waals surface area contributed by atoms with Gasteiger partial charge in [0.05, 0.1) is 17.5 Å². The highest BCUT2D eigenvalue weighted by molar-refractivity contribution is 7.92. The monoisotopic (exact) mass is 257 g/mol. The molecule has 1 unspecified atom stereocenters. The van der Waals surface area contributed by atoms with Crippen molar-refractivity contribution in [2.24, 2.45) is 0 Å². The first-order chi connectivity index (χ1) is 8.07. The molecule has 0 bridgehead atoms. The minimum Gasteiger partial charge on any atom is -0.506 e. The number of nitrogens with one attached hydrogen (secondary N) is 1. The van der Waals surface area contributed by atoms with Gasteiger partial charge < -0.3 is 9.84 Å². The Morgan fingerprint density at radius 2 is 2.18 bits per heavy atom. The normalized spacial score (nSPS) is 20.4. The molecule has 5 nitrogen and oxygen atoms in total. The Bertz CT molecular complexity index is 480. The molecule has 1 saturated heterocycles. The van der Waals surface area contributed by atoms with Crippen molar-refractivity contribution in [3.05, 3.63) is 24.3 Å². The molecule has 0 aromatic heterocycles. The first kappa shape index (κ1) is 12.2. The molecule has 1 aliphatic rings. The standard InChI is InChI=1S/C11H15NO4S/c13-11-6-2-1-5-10(11)12-17(14,15)8-9-4-3-7-16-9/h1-2,5-6,9,12-13H,3-4,7-8H2. The molecule has 2 N–H and O–H groups in total. The molecule has 94 valence electrons. The van der Waals surface area contributed by atoms with Gasteiger partial charge in [0.15, 0.2) is 0 Å². The Hall–Kier alpha value is -1.27. The molecule has 0 radical (unpaired) electrons. The maximum atomic E-state index is 11.8. The van der Waals surface area contributed by atoms with Crippen LogP contribution in [0.4, 0.5) is 5.69 Å². The third kappa shape index (κ3) is 3.34. The van der Waals surface area contributed by atoms with Gasteiger partial charge in [0.2, 0.25) is 10.0 Å². The summed E-state index contributed by atoms with van der Waals surface area (Å²) in [5, 5.41) is 9.48. The van der Waals surface area contributed by atoms with Gasteiger partial charge in [0.1, 0.15) is 5.75 Å². The second-order valence-corrected chi connectivity index (χ2v) is 5.80. The molecular formula is C11H15NO4S. The molecular weight excluding hydrogens is 242 g/mol. The summed E-state index contributed by atoms with van der Waals surface area (Å²) in [7, 11) is -3.48. The smallest absolute Gasteiger partial charge is 0.235 e. The highest BCUT2D eigenvalue weighted by atomic mass is 32.2. The van der Waals surface area contributed by atoms with Crippen LogP contribution in [0.15, 0.2) is 24.3 Å². The average molecular weight is 257 g/mol. The second kappa shape index (κ2) is 4.93. The highest BCUT2D eigenvalue weighted by Gasteiger charge is 2.23. The Morgan fingerprint density at radius 3 is 2.82 bits per heavy atom. The molecule has 2 rings (SSSR count). The lowest BCUT2D eigenvalue weighted by Crippen LogP contribution is -2.25. The highest BCUT2D eigenvalue weighted by Crippen LogP contribution is 2.23. The van der Waals surface area contributed by atoms with Crippen LogP contribution in [0, 0.1) is 0 Å². The van der Waals surface area contributed by atoms with Crippen LogP contribution >= 0.6 is 0 Å². The van der Waals surface area contributed by atoms with Gasteiger partial charge in [-0.25, -0.2) is 8.42 Å². The topological polar surface area (TPSA) is 75.6 Å². The largest absolute Gasteiger partial charge is 0.506 e. The van der Waals surface area contributed by atoms with Crippen molar-refractivity contribution in [1.82, 2.24) is 0 Å². The fourth-order valence-electron chi connectivity index (χ4n) is 1.79. The van der Waals surface area contributed by atoms with Crippen LogP contribution in [-0.4, -0.2) is 32.0 Å². The van der Waals surface area contributed by atoms with Crippen LogP contribution in [0.3, 0.4) is 0 Å². The van der Waals surface area contributed by atoms with E-state index >= 15 is 0 Å². The molecule has 1 heterocycles. The second-order valence-electron chi connectivity index (χ2n) is 4.04. The molecule has 1 fully saturated rings. The maximum absolute atomic E-state index is 11.8. The number of benzene rings is 1. The quantitative estimate of drug-likeness (QED) is 0.797. The van der Waals surface area contributed by atoms with Crippen LogP contribution < -0.4 is 4.72 Å². The zero-order valence-corrected chi connectivity index (χ0v) is 10.1. The van der Waals surface area contributed by atoms with E-state index in [0.717, 1.165) is 12.8 Å². The number of hydrogen-bond acceptors (Lipinski definition) is 4. The first-order valence-corrected chi connectivity index (χ1v) is 7.12. The molecule has 1 aromatic carbocycles. The number of aromatic hydroxyl groups is 1. The predicted molar refractivity (Wildman–Crippen MR) is 64.5 cm³/mol. The van der Waals surface area contributed by atoms with Crippen molar-refractivity contribution in [2.75, 3.05) is 17.1 Å². The van der Waals surface area contributed by atoms with E-state index in [4.69, 9.17) is 4.74 Å². The van der Waals surface area contributed by atoms with Crippen molar-refractivity contribution >= 4 is 15.7 Å². The van der Waals surface area contributed by atoms with Crippen LogP contribution in [0.1, 0.15) is 12.8 Å². The summed E-state index contributed by atoms with van der Waals surface area (Å²) in [4.78, 5) is 0. The van der Waals surface area contributed by atoms with Gasteiger partial charge in [-0.1, -0.05) is 12.1 Å². The molecule has 6 heteroatoms. The summed E-state index contributed by atoms with van der Waals surface area (Å²) in [6, 6.07) is 6.24. The Balaban J connectivity index is 2.04. The van der Waals surface area contributed by atoms with Crippen LogP contribution in [0.25, 0.3) is 0 Å². The van der Waals surface area contributed by atoms with Gasteiger partial charge in [-0.15, -0.1) is 0 Å². The zero-order valence-electron chi connectivity index (χ0n) is 9.30. The number of phenols is 1. The molecule has 17 heavy (non-hydrogen) atoms. The van der Waals surface area contributed by atoms with Crippen molar-refractivity contribution in [1.29, 1.82) is 0 Å². The molecule has 0 spiro atoms. The van der Waals surface area contributed by atoms with Gasteiger partial charge in [-0.3, -0.25) is 4.72 Å². The summed E-state index contributed by atoms with van der Waals surface area (Å²) in [6.45, 7) is 0.622. The van der Waals surface area contributed by atoms with E-state index in [2.05, 4.69) is 4.72 Å². The number of rotatable bonds is 4. The van der Waals surface area contributed by atoms with Crippen LogP contribution in [0.2, 0.25) is 0 Å². The Kier molecular flexibility index (Phi) is 3.54. The number of phenolic OH excluding ortho intramolecular Hbond substituents is 1. The van der Waals surface area contributed by atoms with Crippen LogP contribution in [-0.2, 0) is 14.8 Å². The molecule has 0 aliphatic carbocycles. The van der Waals surface area contributed by atoms with Gasteiger partial charge in [0, 0.05) is 6.61 Å². The summed E-state index contributed by atoms with van der Waals surface area (Å²) >= 11 is 0. The van der Waals surface area contributed by atoms with Gasteiger partial charge in [0.25, 0.3) is 0 Å². The third-order valence-corrected chi connectivity index (χ3v) is 3.94. The first-order valence-electron chi connectivity index (χ1n) is 5.47. The van der Waals surface area contributed by atoms with E-state index in [1.807, 2.05) is 0 Å². The number of sulfonamides is 1. The van der Waals surface area contributed by atoms with Crippen molar-refractivity contribution in [3.63, 3.8) is 0 Å². The lowest BCUT2D eigenvalue weighted by molar-refractivity contribution is 0.127. The molecule has 1 aliphatic heterocycles. The fraction of sp³-hybridized carbons (Fsp3) is 0.455. The Labute approximate surface area is 100 Å². The molecule has 1 atom stereocenters. The summed E-state index contributed by atoms with van der Waals surface area (Å²) < 4.78 is 31.2. The fourth-order valence-corrected chi connectivity index (χ4v) is 3.13. The van der Waals surface area contributed by atoms with Crippen LogP contribution in [0.5, 0.6) is 5.75 Å². The van der Waals surface area contributed by atoms with E-state index < -0.39 is 10.0 Å². The maximum Gasteiger partial charge on any atom is 0.235 e. The Morgan fingerprint density at radius 1 is 1.41 bits per heavy atom. The number of hydrogen-bond donors (Lipinski definition) is 2. The number of ether oxygens (including phenoxy) is 1. The predicted octanol–water partition coefficient (Wildman–Crippen LogP) is 1.31. The summed E-state index contributed by atoms with van der Waals surface area (Å²) in [5.41, 5.74) is 0.200. The van der Waals surface area contributed by atoms with E-state index in [-0.39, 0.29) is 23.3 Å². The minimum atomic E-state index is -3.48. The van der Waals surface area contributed by atoms with E-state index in [9.17, 15) is 13.5 Å². The van der Waals surface area contributed by atoms with Gasteiger partial charge in [-0.2, -0.15) is 0 Å². The number of para-hydroxylation sites is 2. The van der Waals surface area contributed by atoms with E-state index in [0.29, 0.717) is 6.61 Å². The lowest BCUT2D eigenvalue weighted by atomic mass is 10.3. The van der Waals surface area contributed by atoms with Crippen molar-refractivity contribution in [2.45, 2.75) is 18.9 Å².